The van der Waals surface area contributed by atoms with Crippen molar-refractivity contribution in [3.05, 3.63) is 184 Å². The van der Waals surface area contributed by atoms with Crippen LogP contribution >= 0.6 is 24.1 Å². The molecule has 0 aliphatic heterocycles. The molecule has 0 saturated carbocycles. The summed E-state index contributed by atoms with van der Waals surface area (Å²) in [5.41, 5.74) is 6.87. The summed E-state index contributed by atoms with van der Waals surface area (Å²) in [5.74, 6) is 0.896. The van der Waals surface area contributed by atoms with Gasteiger partial charge in [0, 0.05) is 20.6 Å². The van der Waals surface area contributed by atoms with E-state index in [0.29, 0.717) is 0 Å². The summed E-state index contributed by atoms with van der Waals surface area (Å²) in [7, 11) is -1.10. The summed E-state index contributed by atoms with van der Waals surface area (Å²) in [5, 5.41) is 2.37. The largest absolute Gasteiger partial charge is 0.464 e. The van der Waals surface area contributed by atoms with Crippen LogP contribution in [0.2, 0.25) is 0 Å². The van der Waals surface area contributed by atoms with Gasteiger partial charge in [-0.2, -0.15) is 0 Å². The molecule has 6 aromatic carbocycles. The molecule has 0 radical (unpaired) electrons. The van der Waals surface area contributed by atoms with Gasteiger partial charge in [0.05, 0.1) is 5.41 Å². The van der Waals surface area contributed by atoms with Crippen molar-refractivity contribution in [3.8, 4) is 16.9 Å². The highest BCUT2D eigenvalue weighted by Crippen LogP contribution is 2.58. The Labute approximate surface area is 245 Å². The normalized spacial score (nSPS) is 15.4. The minimum Gasteiger partial charge on any atom is -0.464 e. The monoisotopic (exact) mass is 596 g/mol. The molecule has 0 heterocycles. The van der Waals surface area contributed by atoms with Crippen molar-refractivity contribution >= 4 is 34.7 Å². The maximum atomic E-state index is 7.19. The Bertz CT molecular complexity index is 1750. The van der Waals surface area contributed by atoms with Crippen LogP contribution in [-0.4, -0.2) is 0 Å². The van der Waals surface area contributed by atoms with Crippen molar-refractivity contribution in [2.75, 3.05) is 0 Å². The molecule has 0 aromatic heterocycles. The highest BCUT2D eigenvalue weighted by Gasteiger charge is 2.47. The van der Waals surface area contributed by atoms with Crippen LogP contribution in [0, 0.1) is 0 Å². The first kappa shape index (κ1) is 25.0. The van der Waals surface area contributed by atoms with E-state index < -0.39 is 13.6 Å². The Kier molecular flexibility index (Phi) is 6.60. The molecule has 7 rings (SSSR count). The van der Waals surface area contributed by atoms with E-state index in [0.717, 1.165) is 15.8 Å². The second-order valence-electron chi connectivity index (χ2n) is 9.90. The molecule has 1 atom stereocenters. The summed E-state index contributed by atoms with van der Waals surface area (Å²) >= 11 is 3.80. The molecule has 1 aliphatic carbocycles. The Morgan fingerprint density at radius 3 is 1.68 bits per heavy atom. The predicted octanol–water partition coefficient (Wildman–Crippen LogP) is 9.24. The highest BCUT2D eigenvalue weighted by molar-refractivity contribution is 9.10. The molecule has 0 amide bonds. The average molecular weight is 597 g/mol. The molecule has 192 valence electrons. The zero-order valence-electron chi connectivity index (χ0n) is 21.7. The third kappa shape index (κ3) is 4.11. The Morgan fingerprint density at radius 2 is 1.00 bits per heavy atom. The van der Waals surface area contributed by atoms with E-state index in [4.69, 9.17) is 4.52 Å². The number of hydrogen-bond donors (Lipinski definition) is 0. The van der Waals surface area contributed by atoms with Gasteiger partial charge in [-0.05, 0) is 46.0 Å². The third-order valence-electron chi connectivity index (χ3n) is 7.68. The Hall–Kier alpha value is -3.97. The summed E-state index contributed by atoms with van der Waals surface area (Å²) in [6.07, 6.45) is 0. The molecule has 1 aliphatic rings. The van der Waals surface area contributed by atoms with Gasteiger partial charge >= 0.3 is 0 Å². The van der Waals surface area contributed by atoms with Gasteiger partial charge in [0.25, 0.3) is 0 Å². The van der Waals surface area contributed by atoms with Gasteiger partial charge in [-0.3, -0.25) is 0 Å². The van der Waals surface area contributed by atoms with E-state index in [1.165, 1.54) is 38.4 Å². The van der Waals surface area contributed by atoms with Crippen molar-refractivity contribution in [3.63, 3.8) is 0 Å². The van der Waals surface area contributed by atoms with Crippen LogP contribution in [0.4, 0.5) is 0 Å². The minimum absolute atomic E-state index is 0.540. The van der Waals surface area contributed by atoms with Gasteiger partial charge in [0.15, 0.2) is 8.15 Å². The second-order valence-corrected chi connectivity index (χ2v) is 12.6. The lowest BCUT2D eigenvalue weighted by molar-refractivity contribution is 0.599. The number of rotatable bonds is 6. The van der Waals surface area contributed by atoms with Gasteiger partial charge in [0.1, 0.15) is 5.75 Å². The van der Waals surface area contributed by atoms with Crippen LogP contribution in [0.15, 0.2) is 162 Å². The summed E-state index contributed by atoms with van der Waals surface area (Å²) < 4.78 is 8.25. The van der Waals surface area contributed by atoms with E-state index in [-0.39, 0.29) is 0 Å². The van der Waals surface area contributed by atoms with Crippen molar-refractivity contribution in [2.24, 2.45) is 0 Å². The quantitative estimate of drug-likeness (QED) is 0.174. The minimum atomic E-state index is -1.10. The van der Waals surface area contributed by atoms with Gasteiger partial charge in [0.2, 0.25) is 0 Å². The summed E-state index contributed by atoms with van der Waals surface area (Å²) in [4.78, 5) is 0. The lowest BCUT2D eigenvalue weighted by Crippen LogP contribution is -2.29. The number of benzene rings is 6. The molecule has 6 aromatic rings. The van der Waals surface area contributed by atoms with Gasteiger partial charge < -0.3 is 4.52 Å². The lowest BCUT2D eigenvalue weighted by Gasteiger charge is -2.35. The van der Waals surface area contributed by atoms with Crippen LogP contribution in [-0.2, 0) is 5.41 Å². The Balaban J connectivity index is 1.51. The average Bonchev–Trinajstić information content (AvgIpc) is 3.31. The topological polar surface area (TPSA) is 9.23 Å². The standard InChI is InChI=1S/C37H26BrOP/c38-28-24-25-32-31-20-10-11-21-33(31)37(35(32)26-28,27-14-4-1-5-15-27)34-22-12-13-23-36(34)39-40(29-16-6-2-7-17-29)30-18-8-3-9-19-30/h1-26H. The summed E-state index contributed by atoms with van der Waals surface area (Å²) in [6.45, 7) is 0. The molecular formula is C37H26BrOP. The smallest absolute Gasteiger partial charge is 0.150 e. The van der Waals surface area contributed by atoms with Crippen LogP contribution in [0.5, 0.6) is 5.75 Å². The molecule has 40 heavy (non-hydrogen) atoms. The molecule has 0 bridgehead atoms. The van der Waals surface area contributed by atoms with Crippen molar-refractivity contribution in [1.82, 2.24) is 0 Å². The fourth-order valence-electron chi connectivity index (χ4n) is 6.03. The van der Waals surface area contributed by atoms with Crippen molar-refractivity contribution in [1.29, 1.82) is 0 Å². The molecule has 0 fully saturated rings. The fourth-order valence-corrected chi connectivity index (χ4v) is 8.14. The van der Waals surface area contributed by atoms with Crippen LogP contribution in [0.3, 0.4) is 0 Å². The molecule has 0 saturated heterocycles. The first-order valence-corrected chi connectivity index (χ1v) is 15.5. The maximum absolute atomic E-state index is 7.19. The van der Waals surface area contributed by atoms with E-state index in [1.807, 2.05) is 0 Å². The van der Waals surface area contributed by atoms with Gasteiger partial charge in [-0.25, -0.2) is 0 Å². The fraction of sp³-hybridized carbons (Fsp3) is 0.0270. The Morgan fingerprint density at radius 1 is 0.475 bits per heavy atom. The zero-order chi connectivity index (χ0) is 26.9. The molecule has 1 unspecified atom stereocenters. The highest BCUT2D eigenvalue weighted by atomic mass is 79.9. The second kappa shape index (κ2) is 10.5. The SMILES string of the molecule is Brc1ccc2c(c1)C(c1ccccc1)(c1ccccc1OP(c1ccccc1)c1ccccc1)c1ccccc1-2. The third-order valence-corrected chi connectivity index (χ3v) is 10.1. The van der Waals surface area contributed by atoms with E-state index in [1.54, 1.807) is 0 Å². The van der Waals surface area contributed by atoms with E-state index in [9.17, 15) is 0 Å². The molecular weight excluding hydrogens is 571 g/mol. The zero-order valence-corrected chi connectivity index (χ0v) is 24.2. The maximum Gasteiger partial charge on any atom is 0.150 e. The van der Waals surface area contributed by atoms with Gasteiger partial charge in [-0.1, -0.05) is 155 Å². The first-order chi connectivity index (χ1) is 19.8. The number of para-hydroxylation sites is 1. The van der Waals surface area contributed by atoms with Crippen LogP contribution in [0.1, 0.15) is 22.3 Å². The van der Waals surface area contributed by atoms with Crippen LogP contribution < -0.4 is 15.1 Å². The van der Waals surface area contributed by atoms with Crippen molar-refractivity contribution in [2.45, 2.75) is 5.41 Å². The lowest BCUT2D eigenvalue weighted by atomic mass is 9.67. The summed E-state index contributed by atoms with van der Waals surface area (Å²) in [6, 6.07) is 56.2. The van der Waals surface area contributed by atoms with Crippen molar-refractivity contribution < 1.29 is 4.52 Å². The predicted molar refractivity (Wildman–Crippen MR) is 171 cm³/mol. The molecule has 0 spiro atoms. The van der Waals surface area contributed by atoms with Gasteiger partial charge in [-0.15, -0.1) is 0 Å². The van der Waals surface area contributed by atoms with E-state index >= 15 is 0 Å². The molecule has 0 N–H and O–H groups in total. The van der Waals surface area contributed by atoms with Crippen LogP contribution in [0.25, 0.3) is 11.1 Å². The first-order valence-electron chi connectivity index (χ1n) is 13.4. The number of fused-ring (bicyclic) bond motifs is 3. The molecule has 3 heteroatoms. The molecule has 1 nitrogen and oxygen atoms in total. The number of hydrogen-bond acceptors (Lipinski definition) is 1. The number of halogens is 1. The van der Waals surface area contributed by atoms with E-state index in [2.05, 4.69) is 174 Å².